The molecule has 0 spiro atoms. The van der Waals surface area contributed by atoms with Crippen molar-refractivity contribution in [2.45, 2.75) is 10.8 Å². The Morgan fingerprint density at radius 3 is 0.900 bits per heavy atom. The van der Waals surface area contributed by atoms with E-state index in [0.29, 0.717) is 0 Å². The highest BCUT2D eigenvalue weighted by Crippen LogP contribution is 2.58. The molecule has 0 unspecified atom stereocenters. The molecule has 1 aromatic heterocycles. The molecule has 2 aliphatic rings. The summed E-state index contributed by atoms with van der Waals surface area (Å²) in [5, 5.41) is 2.51. The summed E-state index contributed by atoms with van der Waals surface area (Å²) >= 11 is 0. The van der Waals surface area contributed by atoms with Crippen molar-refractivity contribution in [3.63, 3.8) is 0 Å². The van der Waals surface area contributed by atoms with Gasteiger partial charge in [-0.2, -0.15) is 0 Å². The number of para-hydroxylation sites is 2. The number of nitrogens with zero attached hydrogens (tertiary/aromatic N) is 2. The van der Waals surface area contributed by atoms with Gasteiger partial charge in [0.15, 0.2) is 0 Å². The van der Waals surface area contributed by atoms with Gasteiger partial charge in [0, 0.05) is 33.5 Å². The van der Waals surface area contributed by atoms with Crippen LogP contribution in [-0.2, 0) is 10.8 Å². The van der Waals surface area contributed by atoms with Gasteiger partial charge in [-0.1, -0.05) is 218 Å². The maximum atomic E-state index is 2.42. The SMILES string of the molecule is c1ccc(C2(c3ccc(N(c4ccc(-n5c6ccccc6c6ccccc65)cc4)c4ccc(C5(c6ccccc6)c6ccccc6-c6ccccc65)cc4)cc3)c3ccccc3-c3ccccc32)cc1. The molecule has 0 fully saturated rings. The van der Waals surface area contributed by atoms with Crippen LogP contribution in [-0.4, -0.2) is 4.57 Å². The standard InChI is InChI=1S/C68H46N2/c1-3-19-47(20-4-1)67(61-29-13-7-23-55(61)56-24-8-14-30-62(56)67)49-35-39-51(40-36-49)69(53-43-45-54(46-44-53)70-65-33-17-11-27-59(65)60-28-12-18-34-66(60)70)52-41-37-50(38-42-52)68(48-21-5-2-6-22-48)63-31-15-9-25-57(63)58-26-10-16-32-64(58)68/h1-46H. The molecule has 0 amide bonds. The van der Waals surface area contributed by atoms with E-state index in [1.54, 1.807) is 0 Å². The zero-order chi connectivity index (χ0) is 46.2. The Labute approximate surface area is 408 Å². The van der Waals surface area contributed by atoms with Crippen LogP contribution in [0.15, 0.2) is 279 Å². The van der Waals surface area contributed by atoms with Crippen LogP contribution in [0.3, 0.4) is 0 Å². The van der Waals surface area contributed by atoms with Gasteiger partial charge in [0.2, 0.25) is 0 Å². The monoisotopic (exact) mass is 890 g/mol. The number of hydrogen-bond donors (Lipinski definition) is 0. The fourth-order valence-corrected chi connectivity index (χ4v) is 12.5. The molecule has 11 aromatic carbocycles. The van der Waals surface area contributed by atoms with E-state index in [1.165, 1.54) is 88.6 Å². The summed E-state index contributed by atoms with van der Waals surface area (Å²) in [6.07, 6.45) is 0. The first-order valence-electron chi connectivity index (χ1n) is 24.3. The van der Waals surface area contributed by atoms with Gasteiger partial charge in [-0.3, -0.25) is 0 Å². The summed E-state index contributed by atoms with van der Waals surface area (Å²) in [5.41, 5.74) is 21.2. The van der Waals surface area contributed by atoms with E-state index in [2.05, 4.69) is 289 Å². The van der Waals surface area contributed by atoms with Crippen LogP contribution in [0.2, 0.25) is 0 Å². The first-order valence-corrected chi connectivity index (χ1v) is 24.3. The number of rotatable bonds is 8. The molecule has 70 heavy (non-hydrogen) atoms. The summed E-state index contributed by atoms with van der Waals surface area (Å²) in [4.78, 5) is 2.42. The van der Waals surface area contributed by atoms with E-state index in [1.807, 2.05) is 0 Å². The van der Waals surface area contributed by atoms with Gasteiger partial charge in [0.25, 0.3) is 0 Å². The Balaban J connectivity index is 0.946. The molecular weight excluding hydrogens is 845 g/mol. The minimum absolute atomic E-state index is 0.483. The normalized spacial score (nSPS) is 13.7. The van der Waals surface area contributed by atoms with Crippen molar-refractivity contribution in [3.05, 3.63) is 324 Å². The van der Waals surface area contributed by atoms with Crippen molar-refractivity contribution in [1.29, 1.82) is 0 Å². The molecule has 0 atom stereocenters. The third-order valence-corrected chi connectivity index (χ3v) is 15.4. The first-order chi connectivity index (χ1) is 34.7. The lowest BCUT2D eigenvalue weighted by Crippen LogP contribution is -2.28. The van der Waals surface area contributed by atoms with Gasteiger partial charge >= 0.3 is 0 Å². The maximum absolute atomic E-state index is 2.42. The second kappa shape index (κ2) is 15.8. The van der Waals surface area contributed by atoms with E-state index in [0.717, 1.165) is 22.7 Å². The van der Waals surface area contributed by atoms with Crippen molar-refractivity contribution in [2.75, 3.05) is 4.90 Å². The lowest BCUT2D eigenvalue weighted by atomic mass is 9.67. The fourth-order valence-electron chi connectivity index (χ4n) is 12.5. The molecule has 0 saturated heterocycles. The van der Waals surface area contributed by atoms with Crippen molar-refractivity contribution in [3.8, 4) is 27.9 Å². The van der Waals surface area contributed by atoms with E-state index in [9.17, 15) is 0 Å². The van der Waals surface area contributed by atoms with Gasteiger partial charge in [0.1, 0.15) is 0 Å². The minimum Gasteiger partial charge on any atom is -0.311 e. The average molecular weight is 891 g/mol. The van der Waals surface area contributed by atoms with Gasteiger partial charge in [-0.15, -0.1) is 0 Å². The minimum atomic E-state index is -0.483. The number of benzene rings is 11. The number of hydrogen-bond acceptors (Lipinski definition) is 1. The summed E-state index contributed by atoms with van der Waals surface area (Å²) in [6.45, 7) is 0. The van der Waals surface area contributed by atoms with Crippen LogP contribution in [0.25, 0.3) is 49.7 Å². The van der Waals surface area contributed by atoms with Gasteiger partial charge in [-0.25, -0.2) is 0 Å². The van der Waals surface area contributed by atoms with E-state index >= 15 is 0 Å². The lowest BCUT2D eigenvalue weighted by Gasteiger charge is -2.35. The molecule has 14 rings (SSSR count). The zero-order valence-corrected chi connectivity index (χ0v) is 38.5. The van der Waals surface area contributed by atoms with Crippen molar-refractivity contribution < 1.29 is 0 Å². The molecule has 12 aromatic rings. The second-order valence-corrected chi connectivity index (χ2v) is 18.7. The highest BCUT2D eigenvalue weighted by Gasteiger charge is 2.47. The number of anilines is 3. The maximum Gasteiger partial charge on any atom is 0.0713 e. The molecule has 0 aliphatic heterocycles. The fraction of sp³-hybridized carbons (Fsp3) is 0.0294. The molecular formula is C68H46N2. The van der Waals surface area contributed by atoms with Gasteiger partial charge < -0.3 is 9.47 Å². The highest BCUT2D eigenvalue weighted by atomic mass is 15.1. The van der Waals surface area contributed by atoms with Crippen molar-refractivity contribution in [2.24, 2.45) is 0 Å². The van der Waals surface area contributed by atoms with Crippen LogP contribution in [0.1, 0.15) is 44.5 Å². The third-order valence-electron chi connectivity index (χ3n) is 15.4. The molecule has 2 nitrogen and oxygen atoms in total. The largest absolute Gasteiger partial charge is 0.311 e. The second-order valence-electron chi connectivity index (χ2n) is 18.7. The van der Waals surface area contributed by atoms with Gasteiger partial charge in [-0.05, 0) is 127 Å². The predicted molar refractivity (Wildman–Crippen MR) is 290 cm³/mol. The van der Waals surface area contributed by atoms with Crippen molar-refractivity contribution in [1.82, 2.24) is 4.57 Å². The molecule has 1 heterocycles. The Hall–Kier alpha value is -8.98. The molecule has 2 aliphatic carbocycles. The van der Waals surface area contributed by atoms with E-state index in [4.69, 9.17) is 0 Å². The summed E-state index contributed by atoms with van der Waals surface area (Å²) in [7, 11) is 0. The summed E-state index contributed by atoms with van der Waals surface area (Å²) in [5.74, 6) is 0. The zero-order valence-electron chi connectivity index (χ0n) is 38.5. The van der Waals surface area contributed by atoms with E-state index in [-0.39, 0.29) is 0 Å². The van der Waals surface area contributed by atoms with Crippen molar-refractivity contribution >= 4 is 38.9 Å². The quantitative estimate of drug-likeness (QED) is 0.148. The third kappa shape index (κ3) is 5.68. The molecule has 0 saturated carbocycles. The predicted octanol–water partition coefficient (Wildman–Crippen LogP) is 17.0. The number of fused-ring (bicyclic) bond motifs is 9. The average Bonchev–Trinajstić information content (AvgIpc) is 4.05. The Morgan fingerprint density at radius 2 is 0.529 bits per heavy atom. The van der Waals surface area contributed by atoms with Crippen LogP contribution < -0.4 is 4.90 Å². The lowest BCUT2D eigenvalue weighted by molar-refractivity contribution is 0.768. The molecule has 0 N–H and O–H groups in total. The van der Waals surface area contributed by atoms with Gasteiger partial charge in [0.05, 0.1) is 21.9 Å². The Morgan fingerprint density at radius 1 is 0.243 bits per heavy atom. The highest BCUT2D eigenvalue weighted by molar-refractivity contribution is 6.09. The first kappa shape index (κ1) is 40.1. The Bertz CT molecular complexity index is 3600. The smallest absolute Gasteiger partial charge is 0.0713 e. The topological polar surface area (TPSA) is 8.17 Å². The van der Waals surface area contributed by atoms with E-state index < -0.39 is 10.8 Å². The molecule has 0 bridgehead atoms. The molecule has 328 valence electrons. The van der Waals surface area contributed by atoms with Crippen LogP contribution >= 0.6 is 0 Å². The van der Waals surface area contributed by atoms with Crippen LogP contribution in [0.4, 0.5) is 17.1 Å². The van der Waals surface area contributed by atoms with Crippen LogP contribution in [0, 0.1) is 0 Å². The molecule has 0 radical (unpaired) electrons. The summed E-state index contributed by atoms with van der Waals surface area (Å²) in [6, 6.07) is 103. The Kier molecular flexibility index (Phi) is 9.06. The van der Waals surface area contributed by atoms with Crippen LogP contribution in [0.5, 0.6) is 0 Å². The number of aromatic nitrogens is 1. The summed E-state index contributed by atoms with van der Waals surface area (Å²) < 4.78 is 2.39. The molecule has 2 heteroatoms.